The van der Waals surface area contributed by atoms with Gasteiger partial charge >= 0.3 is 5.69 Å². The summed E-state index contributed by atoms with van der Waals surface area (Å²) in [6.45, 7) is 4.26. The number of ether oxygens (including phenoxy) is 2. The smallest absolute Gasteiger partial charge is 0.312 e. The maximum absolute atomic E-state index is 12.4. The van der Waals surface area contributed by atoms with E-state index < -0.39 is 4.92 Å². The van der Waals surface area contributed by atoms with Gasteiger partial charge in [-0.25, -0.2) is 0 Å². The van der Waals surface area contributed by atoms with E-state index in [9.17, 15) is 14.9 Å². The SMILES string of the molecule is Cc1nn(Cc2ccc(C(=O)NCc3ccc4c(c3)OCO4)cc2)c(C)c1[N+](=O)[O-]. The van der Waals surface area contributed by atoms with Gasteiger partial charge in [-0.3, -0.25) is 19.6 Å². The van der Waals surface area contributed by atoms with Gasteiger partial charge in [-0.2, -0.15) is 5.10 Å². The average molecular weight is 408 g/mol. The van der Waals surface area contributed by atoms with Crippen molar-refractivity contribution in [1.29, 1.82) is 0 Å². The van der Waals surface area contributed by atoms with Crippen molar-refractivity contribution in [2.45, 2.75) is 26.9 Å². The molecule has 0 unspecified atom stereocenters. The Balaban J connectivity index is 1.39. The van der Waals surface area contributed by atoms with Gasteiger partial charge in [0.05, 0.1) is 11.5 Å². The summed E-state index contributed by atoms with van der Waals surface area (Å²) in [5.41, 5.74) is 3.26. The molecule has 2 aromatic carbocycles. The third-order valence-electron chi connectivity index (χ3n) is 4.96. The minimum Gasteiger partial charge on any atom is -0.454 e. The summed E-state index contributed by atoms with van der Waals surface area (Å²) in [7, 11) is 0. The number of carbonyl (C=O) groups is 1. The predicted molar refractivity (Wildman–Crippen MR) is 108 cm³/mol. The number of nitrogens with zero attached hydrogens (tertiary/aromatic N) is 3. The first-order valence-electron chi connectivity index (χ1n) is 9.36. The number of nitro groups is 1. The first-order valence-corrected chi connectivity index (χ1v) is 9.36. The van der Waals surface area contributed by atoms with Gasteiger partial charge in [0, 0.05) is 12.1 Å². The van der Waals surface area contributed by atoms with Gasteiger partial charge in [-0.15, -0.1) is 0 Å². The molecule has 0 saturated carbocycles. The molecule has 1 aliphatic heterocycles. The lowest BCUT2D eigenvalue weighted by atomic mass is 10.1. The van der Waals surface area contributed by atoms with E-state index in [-0.39, 0.29) is 18.4 Å². The number of amides is 1. The zero-order valence-electron chi connectivity index (χ0n) is 16.5. The molecule has 0 aliphatic carbocycles. The summed E-state index contributed by atoms with van der Waals surface area (Å²) in [4.78, 5) is 23.2. The van der Waals surface area contributed by atoms with E-state index in [1.54, 1.807) is 30.7 Å². The van der Waals surface area contributed by atoms with Crippen molar-refractivity contribution < 1.29 is 19.2 Å². The molecule has 1 aromatic heterocycles. The maximum atomic E-state index is 12.4. The fourth-order valence-electron chi connectivity index (χ4n) is 3.38. The van der Waals surface area contributed by atoms with E-state index in [2.05, 4.69) is 10.4 Å². The molecule has 154 valence electrons. The molecule has 0 fully saturated rings. The van der Waals surface area contributed by atoms with Gasteiger partial charge in [0.1, 0.15) is 11.4 Å². The summed E-state index contributed by atoms with van der Waals surface area (Å²) < 4.78 is 12.2. The van der Waals surface area contributed by atoms with Gasteiger partial charge in [0.15, 0.2) is 11.5 Å². The highest BCUT2D eigenvalue weighted by atomic mass is 16.7. The lowest BCUT2D eigenvalue weighted by Crippen LogP contribution is -2.22. The standard InChI is InChI=1S/C21H20N4O5/c1-13-20(25(27)28)14(2)24(23-13)11-15-3-6-17(7-4-15)21(26)22-10-16-5-8-18-19(9-16)30-12-29-18/h3-9H,10-12H2,1-2H3,(H,22,26). The summed E-state index contributed by atoms with van der Waals surface area (Å²) in [5.74, 6) is 1.19. The van der Waals surface area contributed by atoms with Crippen LogP contribution in [0.5, 0.6) is 11.5 Å². The highest BCUT2D eigenvalue weighted by molar-refractivity contribution is 5.94. The Morgan fingerprint density at radius 3 is 2.53 bits per heavy atom. The Labute approximate surface area is 172 Å². The first kappa shape index (κ1) is 19.4. The molecule has 0 bridgehead atoms. The van der Waals surface area contributed by atoms with Crippen molar-refractivity contribution in [3.05, 3.63) is 80.7 Å². The summed E-state index contributed by atoms with van der Waals surface area (Å²) in [6, 6.07) is 12.6. The van der Waals surface area contributed by atoms with Crippen molar-refractivity contribution >= 4 is 11.6 Å². The lowest BCUT2D eigenvalue weighted by Gasteiger charge is -2.08. The van der Waals surface area contributed by atoms with E-state index in [1.165, 1.54) is 0 Å². The Bertz CT molecular complexity index is 1120. The predicted octanol–water partition coefficient (Wildman–Crippen LogP) is 3.12. The molecule has 0 saturated heterocycles. The average Bonchev–Trinajstić information content (AvgIpc) is 3.30. The van der Waals surface area contributed by atoms with Gasteiger partial charge in [0.25, 0.3) is 5.91 Å². The van der Waals surface area contributed by atoms with Crippen molar-refractivity contribution in [3.63, 3.8) is 0 Å². The van der Waals surface area contributed by atoms with Gasteiger partial charge in [-0.05, 0) is 49.2 Å². The van der Waals surface area contributed by atoms with Crippen LogP contribution >= 0.6 is 0 Å². The zero-order chi connectivity index (χ0) is 21.3. The third kappa shape index (κ3) is 3.82. The molecule has 0 atom stereocenters. The van der Waals surface area contributed by atoms with E-state index in [4.69, 9.17) is 9.47 Å². The van der Waals surface area contributed by atoms with Crippen LogP contribution in [0, 0.1) is 24.0 Å². The second kappa shape index (κ2) is 7.86. The van der Waals surface area contributed by atoms with E-state index in [1.807, 2.05) is 30.3 Å². The Morgan fingerprint density at radius 2 is 1.83 bits per heavy atom. The maximum Gasteiger partial charge on any atom is 0.312 e. The summed E-state index contributed by atoms with van der Waals surface area (Å²) in [5, 5.41) is 18.3. The van der Waals surface area contributed by atoms with Crippen molar-refractivity contribution in [1.82, 2.24) is 15.1 Å². The fraction of sp³-hybridized carbons (Fsp3) is 0.238. The number of carbonyl (C=O) groups excluding carboxylic acids is 1. The van der Waals surface area contributed by atoms with Crippen LogP contribution in [-0.4, -0.2) is 27.4 Å². The number of hydrogen-bond acceptors (Lipinski definition) is 6. The van der Waals surface area contributed by atoms with Crippen LogP contribution in [0.25, 0.3) is 0 Å². The van der Waals surface area contributed by atoms with Crippen molar-refractivity contribution in [2.24, 2.45) is 0 Å². The van der Waals surface area contributed by atoms with Crippen molar-refractivity contribution in [2.75, 3.05) is 6.79 Å². The Kier molecular flexibility index (Phi) is 5.09. The number of aryl methyl sites for hydroxylation is 1. The number of nitrogens with one attached hydrogen (secondary N) is 1. The highest BCUT2D eigenvalue weighted by Gasteiger charge is 2.21. The minimum atomic E-state index is -0.415. The number of aromatic nitrogens is 2. The quantitative estimate of drug-likeness (QED) is 0.496. The monoisotopic (exact) mass is 408 g/mol. The lowest BCUT2D eigenvalue weighted by molar-refractivity contribution is -0.386. The topological polar surface area (TPSA) is 109 Å². The molecule has 0 radical (unpaired) electrons. The van der Waals surface area contributed by atoms with E-state index >= 15 is 0 Å². The molecule has 4 rings (SSSR count). The summed E-state index contributed by atoms with van der Waals surface area (Å²) in [6.07, 6.45) is 0. The van der Waals surface area contributed by atoms with Crippen LogP contribution in [-0.2, 0) is 13.1 Å². The van der Waals surface area contributed by atoms with E-state index in [0.717, 1.165) is 11.1 Å². The molecule has 1 aliphatic rings. The molecular formula is C21H20N4O5. The Hall–Kier alpha value is -3.88. The normalized spacial score (nSPS) is 12.1. The van der Waals surface area contributed by atoms with Crippen LogP contribution in [0.1, 0.15) is 32.9 Å². The molecule has 2 heterocycles. The highest BCUT2D eigenvalue weighted by Crippen LogP contribution is 2.32. The molecule has 9 nitrogen and oxygen atoms in total. The van der Waals surface area contributed by atoms with Crippen LogP contribution in [0.2, 0.25) is 0 Å². The van der Waals surface area contributed by atoms with Gasteiger partial charge < -0.3 is 14.8 Å². The Morgan fingerprint density at radius 1 is 1.13 bits per heavy atom. The van der Waals surface area contributed by atoms with Crippen molar-refractivity contribution in [3.8, 4) is 11.5 Å². The van der Waals surface area contributed by atoms with Crippen LogP contribution in [0.15, 0.2) is 42.5 Å². The minimum absolute atomic E-state index is 0.0366. The number of hydrogen-bond donors (Lipinski definition) is 1. The molecular weight excluding hydrogens is 388 g/mol. The van der Waals surface area contributed by atoms with Crippen LogP contribution < -0.4 is 14.8 Å². The molecule has 1 N–H and O–H groups in total. The third-order valence-corrected chi connectivity index (χ3v) is 4.96. The molecule has 30 heavy (non-hydrogen) atoms. The number of fused-ring (bicyclic) bond motifs is 1. The van der Waals surface area contributed by atoms with Gasteiger partial charge in [0.2, 0.25) is 6.79 Å². The number of benzene rings is 2. The molecule has 1 amide bonds. The summed E-state index contributed by atoms with van der Waals surface area (Å²) >= 11 is 0. The van der Waals surface area contributed by atoms with Gasteiger partial charge in [-0.1, -0.05) is 18.2 Å². The second-order valence-electron chi connectivity index (χ2n) is 7.00. The molecule has 0 spiro atoms. The fourth-order valence-corrected chi connectivity index (χ4v) is 3.38. The molecule has 9 heteroatoms. The zero-order valence-corrected chi connectivity index (χ0v) is 16.5. The van der Waals surface area contributed by atoms with Crippen LogP contribution in [0.4, 0.5) is 5.69 Å². The number of rotatable bonds is 6. The van der Waals surface area contributed by atoms with E-state index in [0.29, 0.717) is 41.5 Å². The first-order chi connectivity index (χ1) is 14.4. The second-order valence-corrected chi connectivity index (χ2v) is 7.00. The largest absolute Gasteiger partial charge is 0.454 e. The molecule has 3 aromatic rings. The van der Waals surface area contributed by atoms with Crippen LogP contribution in [0.3, 0.4) is 0 Å².